The van der Waals surface area contributed by atoms with Gasteiger partial charge in [-0.05, 0) is 44.1 Å². The maximum Gasteiger partial charge on any atom is 0.271 e. The van der Waals surface area contributed by atoms with Gasteiger partial charge in [-0.25, -0.2) is 4.98 Å². The number of likely N-dealkylation sites (tertiary alicyclic amines) is 1. The smallest absolute Gasteiger partial charge is 0.271 e. The second-order valence-electron chi connectivity index (χ2n) is 6.24. The van der Waals surface area contributed by atoms with Crippen molar-refractivity contribution in [1.82, 2.24) is 14.5 Å². The Kier molecular flexibility index (Phi) is 5.30. The van der Waals surface area contributed by atoms with Crippen LogP contribution in [-0.2, 0) is 11.8 Å². The van der Waals surface area contributed by atoms with E-state index >= 15 is 0 Å². The average molecular weight is 366 g/mol. The molecule has 0 N–H and O–H groups in total. The Labute approximate surface area is 150 Å². The van der Waals surface area contributed by atoms with E-state index < -0.39 is 0 Å². The summed E-state index contributed by atoms with van der Waals surface area (Å²) >= 11 is 2.79. The lowest BCUT2D eigenvalue weighted by molar-refractivity contribution is -0.134. The van der Waals surface area contributed by atoms with Crippen molar-refractivity contribution in [3.05, 3.63) is 21.8 Å². The predicted octanol–water partition coefficient (Wildman–Crippen LogP) is 3.27. The molecule has 2 atom stereocenters. The fourth-order valence-corrected chi connectivity index (χ4v) is 4.98. The average Bonchev–Trinajstić information content (AvgIpc) is 3.07. The standard InChI is InChI=1S/C17H23N3O2S2/c1-4-12-7-5-6-9-20(12)15(21)11(2)24-17-18-13-8-10-23-14(13)16(22)19(17)3/h8,10-12H,4-7,9H2,1-3H3. The quantitative estimate of drug-likeness (QED) is 0.616. The van der Waals surface area contributed by atoms with Crippen molar-refractivity contribution < 1.29 is 4.79 Å². The minimum atomic E-state index is -0.244. The highest BCUT2D eigenvalue weighted by Crippen LogP contribution is 2.27. The monoisotopic (exact) mass is 365 g/mol. The van der Waals surface area contributed by atoms with E-state index in [1.165, 1.54) is 29.5 Å². The maximum absolute atomic E-state index is 12.9. The Morgan fingerprint density at radius 1 is 1.50 bits per heavy atom. The summed E-state index contributed by atoms with van der Waals surface area (Å²) in [7, 11) is 1.73. The molecule has 3 rings (SSSR count). The summed E-state index contributed by atoms with van der Waals surface area (Å²) in [6.07, 6.45) is 4.38. The number of piperidine rings is 1. The molecule has 0 saturated carbocycles. The van der Waals surface area contributed by atoms with Crippen molar-refractivity contribution in [1.29, 1.82) is 0 Å². The molecule has 0 spiro atoms. The molecule has 0 aromatic carbocycles. The van der Waals surface area contributed by atoms with Gasteiger partial charge >= 0.3 is 0 Å². The van der Waals surface area contributed by atoms with Crippen LogP contribution >= 0.6 is 23.1 Å². The fourth-order valence-electron chi connectivity index (χ4n) is 3.23. The van der Waals surface area contributed by atoms with Gasteiger partial charge in [0.25, 0.3) is 5.56 Å². The first-order chi connectivity index (χ1) is 11.5. The number of amides is 1. The van der Waals surface area contributed by atoms with E-state index in [1.807, 2.05) is 23.3 Å². The molecular weight excluding hydrogens is 342 g/mol. The van der Waals surface area contributed by atoms with Crippen LogP contribution in [0.4, 0.5) is 0 Å². The third kappa shape index (κ3) is 3.24. The number of thiophene rings is 1. The second-order valence-corrected chi connectivity index (χ2v) is 8.47. The Hall–Kier alpha value is -1.34. The topological polar surface area (TPSA) is 55.2 Å². The molecule has 1 saturated heterocycles. The fraction of sp³-hybridized carbons (Fsp3) is 0.588. The highest BCUT2D eigenvalue weighted by atomic mass is 32.2. The molecule has 7 heteroatoms. The molecule has 130 valence electrons. The van der Waals surface area contributed by atoms with Gasteiger partial charge in [-0.1, -0.05) is 18.7 Å². The minimum absolute atomic E-state index is 0.0402. The van der Waals surface area contributed by atoms with E-state index in [-0.39, 0.29) is 16.7 Å². The molecule has 1 fully saturated rings. The number of carbonyl (C=O) groups is 1. The lowest BCUT2D eigenvalue weighted by Gasteiger charge is -2.36. The molecule has 1 aliphatic rings. The molecular formula is C17H23N3O2S2. The van der Waals surface area contributed by atoms with Crippen molar-refractivity contribution in [3.63, 3.8) is 0 Å². The number of fused-ring (bicyclic) bond motifs is 1. The number of carbonyl (C=O) groups excluding carboxylic acids is 1. The molecule has 5 nitrogen and oxygen atoms in total. The Morgan fingerprint density at radius 2 is 2.29 bits per heavy atom. The zero-order valence-corrected chi connectivity index (χ0v) is 16.0. The Bertz CT molecular complexity index is 799. The molecule has 1 amide bonds. The highest BCUT2D eigenvalue weighted by Gasteiger charge is 2.29. The molecule has 3 heterocycles. The van der Waals surface area contributed by atoms with Gasteiger partial charge in [-0.2, -0.15) is 0 Å². The first kappa shape index (κ1) is 17.5. The largest absolute Gasteiger partial charge is 0.339 e. The normalized spacial score (nSPS) is 19.6. The van der Waals surface area contributed by atoms with Crippen LogP contribution in [0.1, 0.15) is 39.5 Å². The van der Waals surface area contributed by atoms with E-state index in [0.29, 0.717) is 15.9 Å². The molecule has 0 radical (unpaired) electrons. The summed E-state index contributed by atoms with van der Waals surface area (Å²) in [6, 6.07) is 2.21. The van der Waals surface area contributed by atoms with Crippen molar-refractivity contribution in [3.8, 4) is 0 Å². The molecule has 2 aromatic heterocycles. The lowest BCUT2D eigenvalue weighted by Crippen LogP contribution is -2.46. The first-order valence-corrected chi connectivity index (χ1v) is 10.2. The number of hydrogen-bond donors (Lipinski definition) is 0. The number of nitrogens with zero attached hydrogens (tertiary/aromatic N) is 3. The van der Waals surface area contributed by atoms with E-state index in [4.69, 9.17) is 0 Å². The van der Waals surface area contributed by atoms with Crippen LogP contribution in [0.5, 0.6) is 0 Å². The predicted molar refractivity (Wildman–Crippen MR) is 99.8 cm³/mol. The van der Waals surface area contributed by atoms with Gasteiger partial charge in [-0.15, -0.1) is 11.3 Å². The van der Waals surface area contributed by atoms with Gasteiger partial charge in [0.2, 0.25) is 5.91 Å². The summed E-state index contributed by atoms with van der Waals surface area (Å²) < 4.78 is 2.23. The van der Waals surface area contributed by atoms with Crippen molar-refractivity contribution in [2.45, 2.75) is 56.0 Å². The van der Waals surface area contributed by atoms with Gasteiger partial charge in [-0.3, -0.25) is 14.2 Å². The summed E-state index contributed by atoms with van der Waals surface area (Å²) in [5, 5.41) is 2.24. The van der Waals surface area contributed by atoms with Crippen molar-refractivity contribution >= 4 is 39.2 Å². The number of hydrogen-bond acceptors (Lipinski definition) is 5. The van der Waals surface area contributed by atoms with E-state index in [9.17, 15) is 9.59 Å². The highest BCUT2D eigenvalue weighted by molar-refractivity contribution is 8.00. The zero-order valence-electron chi connectivity index (χ0n) is 14.3. The lowest BCUT2D eigenvalue weighted by atomic mass is 10.00. The van der Waals surface area contributed by atoms with Crippen LogP contribution in [0.25, 0.3) is 10.2 Å². The Morgan fingerprint density at radius 3 is 3.04 bits per heavy atom. The van der Waals surface area contributed by atoms with E-state index in [0.717, 1.165) is 31.3 Å². The van der Waals surface area contributed by atoms with Gasteiger partial charge in [0.1, 0.15) is 4.70 Å². The summed E-state index contributed by atoms with van der Waals surface area (Å²) in [5.74, 6) is 0.159. The van der Waals surface area contributed by atoms with E-state index in [1.54, 1.807) is 11.6 Å². The Balaban J connectivity index is 1.81. The van der Waals surface area contributed by atoms with Gasteiger partial charge in [0, 0.05) is 19.6 Å². The number of rotatable bonds is 4. The third-order valence-corrected chi connectivity index (χ3v) is 6.68. The molecule has 0 aliphatic carbocycles. The molecule has 0 bridgehead atoms. The SMILES string of the molecule is CCC1CCCCN1C(=O)C(C)Sc1nc2ccsc2c(=O)n1C. The van der Waals surface area contributed by atoms with Gasteiger partial charge in [0.15, 0.2) is 5.16 Å². The van der Waals surface area contributed by atoms with Gasteiger partial charge < -0.3 is 4.90 Å². The van der Waals surface area contributed by atoms with Crippen LogP contribution in [0, 0.1) is 0 Å². The minimum Gasteiger partial charge on any atom is -0.339 e. The zero-order chi connectivity index (χ0) is 17.3. The van der Waals surface area contributed by atoms with E-state index in [2.05, 4.69) is 11.9 Å². The van der Waals surface area contributed by atoms with Crippen LogP contribution in [0.2, 0.25) is 0 Å². The number of aromatic nitrogens is 2. The second kappa shape index (κ2) is 7.27. The maximum atomic E-state index is 12.9. The van der Waals surface area contributed by atoms with Crippen LogP contribution < -0.4 is 5.56 Å². The molecule has 24 heavy (non-hydrogen) atoms. The molecule has 2 aromatic rings. The summed E-state index contributed by atoms with van der Waals surface area (Å²) in [4.78, 5) is 31.9. The summed E-state index contributed by atoms with van der Waals surface area (Å²) in [6.45, 7) is 4.90. The van der Waals surface area contributed by atoms with Crippen molar-refractivity contribution in [2.24, 2.45) is 7.05 Å². The number of thioether (sulfide) groups is 1. The van der Waals surface area contributed by atoms with Crippen molar-refractivity contribution in [2.75, 3.05) is 6.54 Å². The third-order valence-electron chi connectivity index (χ3n) is 4.66. The van der Waals surface area contributed by atoms with Gasteiger partial charge in [0.05, 0.1) is 10.8 Å². The van der Waals surface area contributed by atoms with Crippen LogP contribution in [0.15, 0.2) is 21.4 Å². The first-order valence-electron chi connectivity index (χ1n) is 8.44. The molecule has 1 aliphatic heterocycles. The molecule has 2 unspecified atom stereocenters. The van der Waals surface area contributed by atoms with Crippen LogP contribution in [0.3, 0.4) is 0 Å². The van der Waals surface area contributed by atoms with Crippen LogP contribution in [-0.4, -0.2) is 38.2 Å². The summed E-state index contributed by atoms with van der Waals surface area (Å²) in [5.41, 5.74) is 0.677.